The number of hydrogen-bond acceptors (Lipinski definition) is 10. The molecule has 0 saturated heterocycles. The van der Waals surface area contributed by atoms with Gasteiger partial charge >= 0.3 is 0 Å². The van der Waals surface area contributed by atoms with E-state index in [2.05, 4.69) is 40.8 Å². The highest BCUT2D eigenvalue weighted by molar-refractivity contribution is 5.85. The minimum atomic E-state index is 0.0659. The number of methoxy groups -OCH3 is 1. The largest absolute Gasteiger partial charge is 0.507 e. The summed E-state index contributed by atoms with van der Waals surface area (Å²) in [5.41, 5.74) is 4.58. The summed E-state index contributed by atoms with van der Waals surface area (Å²) in [6.45, 7) is 0. The van der Waals surface area contributed by atoms with Crippen molar-refractivity contribution in [2.75, 3.05) is 17.9 Å². The molecule has 3 N–H and O–H groups in total. The van der Waals surface area contributed by atoms with Crippen molar-refractivity contribution in [2.24, 2.45) is 5.10 Å². The molecule has 0 aliphatic carbocycles. The number of para-hydroxylation sites is 1. The minimum absolute atomic E-state index is 0.0659. The first-order valence-electron chi connectivity index (χ1n) is 8.21. The summed E-state index contributed by atoms with van der Waals surface area (Å²) in [4.78, 5) is 8.67. The maximum Gasteiger partial charge on any atom is 0.245 e. The Labute approximate surface area is 158 Å². The summed E-state index contributed by atoms with van der Waals surface area (Å²) < 4.78 is 9.82. The number of fused-ring (bicyclic) bond motifs is 1. The number of phenolic OH excluding ortho intramolecular Hbond substituents is 1. The molecule has 4 aromatic rings. The van der Waals surface area contributed by atoms with Gasteiger partial charge in [0.2, 0.25) is 11.3 Å². The highest BCUT2D eigenvalue weighted by Crippen LogP contribution is 2.24. The SMILES string of the molecule is COc1ccc(O)c(C=NNc2nc3nonc3nc2Nc2ccccc2)c1. The van der Waals surface area contributed by atoms with E-state index in [0.29, 0.717) is 22.9 Å². The van der Waals surface area contributed by atoms with Gasteiger partial charge in [-0.15, -0.1) is 0 Å². The van der Waals surface area contributed by atoms with E-state index in [1.165, 1.54) is 12.3 Å². The first-order valence-corrected chi connectivity index (χ1v) is 8.21. The normalized spacial score (nSPS) is 11.0. The Bertz CT molecular complexity index is 1130. The molecule has 140 valence electrons. The molecule has 2 aromatic carbocycles. The van der Waals surface area contributed by atoms with Crippen molar-refractivity contribution in [3.63, 3.8) is 0 Å². The number of aromatic hydroxyl groups is 1. The van der Waals surface area contributed by atoms with Gasteiger partial charge in [-0.1, -0.05) is 18.2 Å². The monoisotopic (exact) mass is 377 g/mol. The lowest BCUT2D eigenvalue weighted by atomic mass is 10.2. The van der Waals surface area contributed by atoms with E-state index < -0.39 is 0 Å². The van der Waals surface area contributed by atoms with Crippen LogP contribution in [0.15, 0.2) is 58.3 Å². The number of phenols is 1. The van der Waals surface area contributed by atoms with Crippen LogP contribution in [-0.2, 0) is 0 Å². The van der Waals surface area contributed by atoms with Crippen LogP contribution in [0.1, 0.15) is 5.56 Å². The van der Waals surface area contributed by atoms with Crippen molar-refractivity contribution >= 4 is 34.8 Å². The fourth-order valence-corrected chi connectivity index (χ4v) is 2.39. The average molecular weight is 377 g/mol. The number of anilines is 3. The third-order valence-electron chi connectivity index (χ3n) is 3.76. The van der Waals surface area contributed by atoms with Gasteiger partial charge in [0.1, 0.15) is 11.5 Å². The van der Waals surface area contributed by atoms with E-state index in [9.17, 15) is 5.11 Å². The van der Waals surface area contributed by atoms with Crippen molar-refractivity contribution in [1.29, 1.82) is 0 Å². The van der Waals surface area contributed by atoms with Crippen LogP contribution in [-0.4, -0.2) is 38.7 Å². The number of nitrogens with one attached hydrogen (secondary N) is 2. The van der Waals surface area contributed by atoms with Gasteiger partial charge in [0, 0.05) is 11.3 Å². The standard InChI is InChI=1S/C18H15N7O3/c1-27-13-7-8-14(26)11(9-13)10-19-23-16-15(20-12-5-3-2-4-6-12)21-17-18(22-16)25-28-24-17/h2-10,26H,1H3,(H,20,21,24)(H,22,23,25). The van der Waals surface area contributed by atoms with Crippen LogP contribution >= 0.6 is 0 Å². The quantitative estimate of drug-likeness (QED) is 0.343. The number of hydrazone groups is 1. The number of hydrogen-bond donors (Lipinski definition) is 3. The van der Waals surface area contributed by atoms with E-state index in [4.69, 9.17) is 4.74 Å². The number of benzene rings is 2. The van der Waals surface area contributed by atoms with Gasteiger partial charge in [0.25, 0.3) is 0 Å². The second-order valence-corrected chi connectivity index (χ2v) is 5.62. The van der Waals surface area contributed by atoms with E-state index in [1.54, 1.807) is 19.2 Å². The van der Waals surface area contributed by atoms with Crippen molar-refractivity contribution < 1.29 is 14.5 Å². The Morgan fingerprint density at radius 3 is 2.54 bits per heavy atom. The lowest BCUT2D eigenvalue weighted by Crippen LogP contribution is -2.03. The summed E-state index contributed by atoms with van der Waals surface area (Å²) in [6.07, 6.45) is 1.44. The van der Waals surface area contributed by atoms with Gasteiger partial charge in [-0.3, -0.25) is 5.43 Å². The zero-order chi connectivity index (χ0) is 19.3. The Morgan fingerprint density at radius 1 is 1.04 bits per heavy atom. The summed E-state index contributed by atoms with van der Waals surface area (Å²) in [7, 11) is 1.55. The molecule has 0 bridgehead atoms. The second kappa shape index (κ2) is 7.58. The maximum absolute atomic E-state index is 9.95. The lowest BCUT2D eigenvalue weighted by Gasteiger charge is -2.09. The molecule has 2 aromatic heterocycles. The number of rotatable bonds is 6. The van der Waals surface area contributed by atoms with Crippen LogP contribution in [0.2, 0.25) is 0 Å². The van der Waals surface area contributed by atoms with Gasteiger partial charge in [-0.05, 0) is 40.6 Å². The Balaban J connectivity index is 1.63. The molecule has 10 heteroatoms. The average Bonchev–Trinajstić information content (AvgIpc) is 3.17. The van der Waals surface area contributed by atoms with E-state index in [0.717, 1.165) is 5.69 Å². The van der Waals surface area contributed by atoms with E-state index >= 15 is 0 Å². The summed E-state index contributed by atoms with van der Waals surface area (Å²) in [6, 6.07) is 14.3. The zero-order valence-electron chi connectivity index (χ0n) is 14.7. The lowest BCUT2D eigenvalue weighted by molar-refractivity contribution is 0.314. The molecule has 0 saturated carbocycles. The van der Waals surface area contributed by atoms with Gasteiger partial charge in [0.05, 0.1) is 13.3 Å². The van der Waals surface area contributed by atoms with Crippen molar-refractivity contribution in [3.8, 4) is 11.5 Å². The Morgan fingerprint density at radius 2 is 1.79 bits per heavy atom. The van der Waals surface area contributed by atoms with Gasteiger partial charge < -0.3 is 15.2 Å². The molecule has 10 nitrogen and oxygen atoms in total. The fraction of sp³-hybridized carbons (Fsp3) is 0.0556. The molecule has 0 unspecified atom stereocenters. The number of ether oxygens (including phenoxy) is 1. The molecule has 0 fully saturated rings. The molecular weight excluding hydrogens is 362 g/mol. The smallest absolute Gasteiger partial charge is 0.245 e. The fourth-order valence-electron chi connectivity index (χ4n) is 2.39. The Hall–Kier alpha value is -4.21. The maximum atomic E-state index is 9.95. The number of nitrogens with zero attached hydrogens (tertiary/aromatic N) is 5. The van der Waals surface area contributed by atoms with Gasteiger partial charge in [-0.25, -0.2) is 9.61 Å². The minimum Gasteiger partial charge on any atom is -0.507 e. The summed E-state index contributed by atoms with van der Waals surface area (Å²) in [5.74, 6) is 1.36. The zero-order valence-corrected chi connectivity index (χ0v) is 14.7. The molecule has 2 heterocycles. The summed E-state index contributed by atoms with van der Waals surface area (Å²) in [5, 5.41) is 24.6. The third kappa shape index (κ3) is 3.65. The molecule has 0 spiro atoms. The Kier molecular flexibility index (Phi) is 4.66. The van der Waals surface area contributed by atoms with Crippen LogP contribution < -0.4 is 15.5 Å². The molecule has 4 rings (SSSR count). The second-order valence-electron chi connectivity index (χ2n) is 5.62. The molecule has 0 aliphatic heterocycles. The topological polar surface area (TPSA) is 131 Å². The van der Waals surface area contributed by atoms with Crippen molar-refractivity contribution in [2.45, 2.75) is 0 Å². The van der Waals surface area contributed by atoms with Crippen molar-refractivity contribution in [3.05, 3.63) is 54.1 Å². The number of aromatic nitrogens is 4. The predicted molar refractivity (Wildman–Crippen MR) is 103 cm³/mol. The highest BCUT2D eigenvalue weighted by Gasteiger charge is 2.12. The van der Waals surface area contributed by atoms with Gasteiger partial charge in [-0.2, -0.15) is 10.1 Å². The molecular formula is C18H15N7O3. The molecule has 0 aliphatic rings. The van der Waals surface area contributed by atoms with Gasteiger partial charge in [0.15, 0.2) is 11.6 Å². The molecule has 0 amide bonds. The van der Waals surface area contributed by atoms with E-state index in [1.807, 2.05) is 30.3 Å². The van der Waals surface area contributed by atoms with Crippen LogP contribution in [0.5, 0.6) is 11.5 Å². The van der Waals surface area contributed by atoms with E-state index in [-0.39, 0.29) is 17.0 Å². The van der Waals surface area contributed by atoms with Crippen molar-refractivity contribution in [1.82, 2.24) is 20.3 Å². The van der Waals surface area contributed by atoms with Crippen LogP contribution in [0.4, 0.5) is 17.3 Å². The van der Waals surface area contributed by atoms with Crippen LogP contribution in [0, 0.1) is 0 Å². The first kappa shape index (κ1) is 17.2. The molecule has 0 radical (unpaired) electrons. The van der Waals surface area contributed by atoms with Crippen LogP contribution in [0.3, 0.4) is 0 Å². The first-order chi connectivity index (χ1) is 13.7. The summed E-state index contributed by atoms with van der Waals surface area (Å²) >= 11 is 0. The predicted octanol–water partition coefficient (Wildman–Crippen LogP) is 2.92. The van der Waals surface area contributed by atoms with Crippen LogP contribution in [0.25, 0.3) is 11.3 Å². The molecule has 28 heavy (non-hydrogen) atoms. The highest BCUT2D eigenvalue weighted by atomic mass is 16.6. The third-order valence-corrected chi connectivity index (χ3v) is 3.76. The molecule has 0 atom stereocenters.